The lowest BCUT2D eigenvalue weighted by Gasteiger charge is -2.15. The van der Waals surface area contributed by atoms with E-state index in [0.717, 1.165) is 10.9 Å². The van der Waals surface area contributed by atoms with E-state index in [1.165, 1.54) is 12.1 Å². The second-order valence-corrected chi connectivity index (χ2v) is 4.78. The number of rotatable bonds is 2. The van der Waals surface area contributed by atoms with Crippen LogP contribution in [0, 0.1) is 5.82 Å². The number of carbonyl (C=O) groups excluding carboxylic acids is 1. The van der Waals surface area contributed by atoms with E-state index in [1.807, 2.05) is 6.92 Å². The molecular weight excluding hydrogens is 261 g/mol. The average molecular weight is 275 g/mol. The molecule has 1 aromatic heterocycles. The van der Waals surface area contributed by atoms with Crippen molar-refractivity contribution in [2.45, 2.75) is 18.9 Å². The molecule has 6 heteroatoms. The van der Waals surface area contributed by atoms with Crippen molar-refractivity contribution in [2.24, 2.45) is 4.99 Å². The first-order chi connectivity index (χ1) is 9.60. The molecule has 2 aromatic rings. The van der Waals surface area contributed by atoms with Crippen LogP contribution in [0.5, 0.6) is 0 Å². The van der Waals surface area contributed by atoms with E-state index in [9.17, 15) is 9.18 Å². The van der Waals surface area contributed by atoms with E-state index >= 15 is 0 Å². The van der Waals surface area contributed by atoms with Gasteiger partial charge in [-0.05, 0) is 23.8 Å². The van der Waals surface area contributed by atoms with Gasteiger partial charge >= 0.3 is 0 Å². The summed E-state index contributed by atoms with van der Waals surface area (Å²) in [5, 5.41) is 3.46. The molecule has 5 nitrogen and oxygen atoms in total. The van der Waals surface area contributed by atoms with E-state index in [4.69, 9.17) is 4.74 Å². The first-order valence-corrected chi connectivity index (χ1v) is 6.31. The molecule has 1 fully saturated rings. The highest BCUT2D eigenvalue weighted by Gasteiger charge is 2.36. The number of fused-ring (bicyclic) bond motifs is 1. The third kappa shape index (κ3) is 1.93. The predicted octanol–water partition coefficient (Wildman–Crippen LogP) is 1.91. The Labute approximate surface area is 114 Å². The summed E-state index contributed by atoms with van der Waals surface area (Å²) in [7, 11) is 1.55. The van der Waals surface area contributed by atoms with Crippen molar-refractivity contribution in [3.8, 4) is 0 Å². The van der Waals surface area contributed by atoms with Gasteiger partial charge in [-0.1, -0.05) is 6.92 Å². The van der Waals surface area contributed by atoms with Gasteiger partial charge < -0.3 is 9.72 Å². The number of H-pyrrole nitrogens is 1. The van der Waals surface area contributed by atoms with Gasteiger partial charge in [0.05, 0.1) is 0 Å². The van der Waals surface area contributed by atoms with Crippen LogP contribution in [0.25, 0.3) is 10.9 Å². The smallest absolute Gasteiger partial charge is 0.292 e. The minimum Gasteiger partial charge on any atom is -0.451 e. The van der Waals surface area contributed by atoms with E-state index in [2.05, 4.69) is 15.3 Å². The monoisotopic (exact) mass is 275 g/mol. The minimum atomic E-state index is -0.627. The Balaban J connectivity index is 1.97. The topological polar surface area (TPSA) is 66.5 Å². The number of amidine groups is 1. The van der Waals surface area contributed by atoms with Crippen LogP contribution < -0.4 is 5.32 Å². The molecule has 1 aliphatic heterocycles. The number of hydrogen-bond acceptors (Lipinski definition) is 3. The van der Waals surface area contributed by atoms with Crippen molar-refractivity contribution in [2.75, 3.05) is 7.05 Å². The minimum absolute atomic E-state index is 0.173. The average Bonchev–Trinajstić information content (AvgIpc) is 3.01. The van der Waals surface area contributed by atoms with Gasteiger partial charge in [-0.15, -0.1) is 0 Å². The van der Waals surface area contributed by atoms with Gasteiger partial charge in [0.2, 0.25) is 0 Å². The zero-order chi connectivity index (χ0) is 14.3. The molecule has 0 unspecified atom stereocenters. The number of aromatic amines is 1. The molecule has 0 saturated carbocycles. The van der Waals surface area contributed by atoms with Crippen LogP contribution in [-0.2, 0) is 9.53 Å². The molecule has 0 aliphatic carbocycles. The van der Waals surface area contributed by atoms with Gasteiger partial charge in [-0.3, -0.25) is 10.1 Å². The van der Waals surface area contributed by atoms with Crippen LogP contribution in [0.15, 0.2) is 29.4 Å². The molecular formula is C14H14FN3O2. The summed E-state index contributed by atoms with van der Waals surface area (Å²) in [6, 6.07) is 4.77. The number of nitrogens with zero attached hydrogens (tertiary/aromatic N) is 1. The number of halogens is 1. The molecule has 104 valence electrons. The number of nitrogens with one attached hydrogen (secondary N) is 2. The highest BCUT2D eigenvalue weighted by Crippen LogP contribution is 2.30. The van der Waals surface area contributed by atoms with Gasteiger partial charge in [-0.25, -0.2) is 9.38 Å². The van der Waals surface area contributed by atoms with Crippen molar-refractivity contribution in [1.82, 2.24) is 10.3 Å². The second kappa shape index (κ2) is 4.63. The second-order valence-electron chi connectivity index (χ2n) is 4.78. The third-order valence-corrected chi connectivity index (χ3v) is 3.55. The summed E-state index contributed by atoms with van der Waals surface area (Å²) in [6.07, 6.45) is 1.16. The maximum absolute atomic E-state index is 13.2. The molecule has 20 heavy (non-hydrogen) atoms. The summed E-state index contributed by atoms with van der Waals surface area (Å²) in [5.74, 6) is -0.683. The largest absolute Gasteiger partial charge is 0.451 e. The van der Waals surface area contributed by atoms with Crippen molar-refractivity contribution < 1.29 is 13.9 Å². The lowest BCUT2D eigenvalue weighted by atomic mass is 9.94. The number of carbonyl (C=O) groups is 1. The molecule has 0 radical (unpaired) electrons. The highest BCUT2D eigenvalue weighted by atomic mass is 19.1. The number of ether oxygens (including phenoxy) is 1. The Kier molecular flexibility index (Phi) is 2.93. The number of benzene rings is 1. The number of hydrogen-bond donors (Lipinski definition) is 2. The van der Waals surface area contributed by atoms with E-state index in [0.29, 0.717) is 5.52 Å². The molecule has 0 spiro atoms. The summed E-state index contributed by atoms with van der Waals surface area (Å²) >= 11 is 0. The maximum atomic E-state index is 13.2. The molecule has 1 aromatic carbocycles. The number of aromatic nitrogens is 1. The van der Waals surface area contributed by atoms with Crippen LogP contribution >= 0.6 is 0 Å². The number of aliphatic imine (C=N–C) groups is 1. The fourth-order valence-corrected chi connectivity index (χ4v) is 2.48. The standard InChI is InChI=1S/C14H14FN3O2/c1-7(12-13(19)18-14(16-2)20-12)10-6-17-11-5-8(15)3-4-9(10)11/h3-7,12,17H,1-2H3,(H,16,18,19)/t7-,12+/m0/s1. The Morgan fingerprint density at radius 3 is 2.95 bits per heavy atom. The van der Waals surface area contributed by atoms with E-state index in [1.54, 1.807) is 19.3 Å². The maximum Gasteiger partial charge on any atom is 0.292 e. The van der Waals surface area contributed by atoms with Gasteiger partial charge in [0.15, 0.2) is 6.10 Å². The van der Waals surface area contributed by atoms with E-state index < -0.39 is 6.10 Å². The molecule has 2 atom stereocenters. The van der Waals surface area contributed by atoms with Crippen molar-refractivity contribution in [1.29, 1.82) is 0 Å². The molecule has 0 bridgehead atoms. The normalized spacial score (nSPS) is 22.1. The fraction of sp³-hybridized carbons (Fsp3) is 0.286. The lowest BCUT2D eigenvalue weighted by Crippen LogP contribution is -2.28. The van der Waals surface area contributed by atoms with Gasteiger partial charge in [0.1, 0.15) is 5.82 Å². The van der Waals surface area contributed by atoms with Crippen LogP contribution in [0.4, 0.5) is 4.39 Å². The van der Waals surface area contributed by atoms with Crippen LogP contribution in [0.2, 0.25) is 0 Å². The van der Waals surface area contributed by atoms with Gasteiger partial charge in [0, 0.05) is 30.1 Å². The molecule has 1 amide bonds. The van der Waals surface area contributed by atoms with E-state index in [-0.39, 0.29) is 23.7 Å². The van der Waals surface area contributed by atoms with Gasteiger partial charge in [0.25, 0.3) is 11.9 Å². The Morgan fingerprint density at radius 2 is 2.25 bits per heavy atom. The first-order valence-electron chi connectivity index (χ1n) is 6.31. The van der Waals surface area contributed by atoms with Crippen molar-refractivity contribution in [3.63, 3.8) is 0 Å². The Morgan fingerprint density at radius 1 is 1.45 bits per heavy atom. The fourth-order valence-electron chi connectivity index (χ4n) is 2.48. The summed E-state index contributed by atoms with van der Waals surface area (Å²) in [5.41, 5.74) is 1.62. The van der Waals surface area contributed by atoms with Crippen molar-refractivity contribution in [3.05, 3.63) is 35.8 Å². The SMILES string of the molecule is CN=C1NC(=O)[C@@H]([C@@H](C)c2c[nH]c3cc(F)ccc23)O1. The number of amides is 1. The van der Waals surface area contributed by atoms with Crippen LogP contribution in [-0.4, -0.2) is 30.1 Å². The quantitative estimate of drug-likeness (QED) is 0.879. The van der Waals surface area contributed by atoms with Crippen molar-refractivity contribution >= 4 is 22.8 Å². The lowest BCUT2D eigenvalue weighted by molar-refractivity contribution is -0.124. The summed E-state index contributed by atoms with van der Waals surface area (Å²) in [6.45, 7) is 1.90. The molecule has 2 heterocycles. The molecule has 1 saturated heterocycles. The molecule has 3 rings (SSSR count). The first kappa shape index (κ1) is 12.7. The van der Waals surface area contributed by atoms with Gasteiger partial charge in [-0.2, -0.15) is 0 Å². The predicted molar refractivity (Wildman–Crippen MR) is 73.0 cm³/mol. The summed E-state index contributed by atoms with van der Waals surface area (Å²) in [4.78, 5) is 18.7. The highest BCUT2D eigenvalue weighted by molar-refractivity contribution is 6.02. The Bertz CT molecular complexity index is 708. The molecule has 2 N–H and O–H groups in total. The van der Waals surface area contributed by atoms with Crippen LogP contribution in [0.3, 0.4) is 0 Å². The zero-order valence-electron chi connectivity index (χ0n) is 11.1. The van der Waals surface area contributed by atoms with Crippen LogP contribution in [0.1, 0.15) is 18.4 Å². The third-order valence-electron chi connectivity index (χ3n) is 3.55. The zero-order valence-corrected chi connectivity index (χ0v) is 11.1. The summed E-state index contributed by atoms with van der Waals surface area (Å²) < 4.78 is 18.7. The Hall–Kier alpha value is -2.37. The molecule has 1 aliphatic rings.